The van der Waals surface area contributed by atoms with Gasteiger partial charge in [-0.2, -0.15) is 0 Å². The summed E-state index contributed by atoms with van der Waals surface area (Å²) < 4.78 is 0. The summed E-state index contributed by atoms with van der Waals surface area (Å²) in [6.07, 6.45) is 0. The van der Waals surface area contributed by atoms with Crippen LogP contribution in [0.25, 0.3) is 0 Å². The van der Waals surface area contributed by atoms with E-state index in [1.54, 1.807) is 0 Å². The van der Waals surface area contributed by atoms with Crippen LogP contribution in [-0.2, 0) is 14.4 Å². The van der Waals surface area contributed by atoms with Crippen molar-refractivity contribution in [3.8, 4) is 0 Å². The van der Waals surface area contributed by atoms with Crippen molar-refractivity contribution in [3.63, 3.8) is 0 Å². The molecule has 0 saturated carbocycles. The van der Waals surface area contributed by atoms with Crippen LogP contribution in [0.2, 0.25) is 0 Å². The molecule has 0 aromatic carbocycles. The van der Waals surface area contributed by atoms with E-state index in [0.29, 0.717) is 0 Å². The topological polar surface area (TPSA) is 109 Å². The first kappa shape index (κ1) is 11.4. The van der Waals surface area contributed by atoms with Crippen molar-refractivity contribution < 1.29 is 19.5 Å². The molecule has 0 aromatic heterocycles. The number of primary amides is 1. The van der Waals surface area contributed by atoms with Gasteiger partial charge in [-0.1, -0.05) is 0 Å². The van der Waals surface area contributed by atoms with E-state index in [-0.39, 0.29) is 6.54 Å². The zero-order valence-electron chi connectivity index (χ0n) is 7.46. The van der Waals surface area contributed by atoms with Crippen LogP contribution in [0.1, 0.15) is 13.8 Å². The Bertz CT molecular complexity index is 247. The lowest BCUT2D eigenvalue weighted by atomic mass is 9.93. The number of carboxylic acid groups (broad SMARTS) is 1. The minimum Gasteiger partial charge on any atom is -0.480 e. The predicted molar refractivity (Wildman–Crippen MR) is 43.6 cm³/mol. The zero-order chi connectivity index (χ0) is 10.6. The Labute approximate surface area is 75.1 Å². The Morgan fingerprint density at radius 1 is 1.38 bits per heavy atom. The monoisotopic (exact) mass is 188 g/mol. The number of carbonyl (C=O) groups excluding carboxylic acids is 2. The number of carboxylic acids is 1. The lowest BCUT2D eigenvalue weighted by Gasteiger charge is -2.17. The average molecular weight is 188 g/mol. The molecule has 0 aliphatic rings. The van der Waals surface area contributed by atoms with Gasteiger partial charge in [0.25, 0.3) is 0 Å². The molecular formula is C7H12N2O4. The molecule has 0 heterocycles. The normalized spacial score (nSPS) is 10.6. The van der Waals surface area contributed by atoms with E-state index in [1.165, 1.54) is 13.8 Å². The predicted octanol–water partition coefficient (Wildman–Crippen LogP) is -1.30. The maximum absolute atomic E-state index is 11.1. The molecule has 0 aliphatic carbocycles. The van der Waals surface area contributed by atoms with Crippen LogP contribution in [0.5, 0.6) is 0 Å². The molecule has 6 heteroatoms. The first-order valence-corrected chi connectivity index (χ1v) is 3.58. The molecule has 2 amide bonds. The van der Waals surface area contributed by atoms with Gasteiger partial charge in [0, 0.05) is 0 Å². The van der Waals surface area contributed by atoms with Gasteiger partial charge in [0.1, 0.15) is 5.41 Å². The molecule has 0 rings (SSSR count). The van der Waals surface area contributed by atoms with Crippen molar-refractivity contribution in [3.05, 3.63) is 0 Å². The van der Waals surface area contributed by atoms with E-state index in [1.807, 2.05) is 0 Å². The van der Waals surface area contributed by atoms with Crippen LogP contribution in [0.15, 0.2) is 0 Å². The van der Waals surface area contributed by atoms with Crippen molar-refractivity contribution in [2.75, 3.05) is 6.54 Å². The molecule has 0 bridgehead atoms. The second kappa shape index (κ2) is 3.88. The minimum absolute atomic E-state index is 0.352. The van der Waals surface area contributed by atoms with E-state index in [9.17, 15) is 14.4 Å². The van der Waals surface area contributed by atoms with E-state index >= 15 is 0 Å². The van der Waals surface area contributed by atoms with E-state index in [0.717, 1.165) is 0 Å². The summed E-state index contributed by atoms with van der Waals surface area (Å²) >= 11 is 0. The summed E-state index contributed by atoms with van der Waals surface area (Å²) in [7, 11) is 0. The number of aliphatic carboxylic acids is 1. The van der Waals surface area contributed by atoms with Crippen LogP contribution in [0.3, 0.4) is 0 Å². The fourth-order valence-corrected chi connectivity index (χ4v) is 0.485. The van der Waals surface area contributed by atoms with E-state index in [4.69, 9.17) is 10.8 Å². The Balaban J connectivity index is 4.26. The van der Waals surface area contributed by atoms with Crippen LogP contribution >= 0.6 is 0 Å². The molecule has 6 nitrogen and oxygen atoms in total. The van der Waals surface area contributed by atoms with Crippen molar-refractivity contribution in [1.29, 1.82) is 0 Å². The first-order chi connectivity index (χ1) is 5.78. The molecule has 0 radical (unpaired) electrons. The minimum atomic E-state index is -1.55. The Morgan fingerprint density at radius 3 is 2.15 bits per heavy atom. The summed E-state index contributed by atoms with van der Waals surface area (Å²) in [6.45, 7) is 2.13. The lowest BCUT2D eigenvalue weighted by Crippen LogP contribution is -2.45. The first-order valence-electron chi connectivity index (χ1n) is 3.58. The molecule has 0 saturated heterocycles. The molecule has 0 atom stereocenters. The van der Waals surface area contributed by atoms with Crippen molar-refractivity contribution in [2.24, 2.45) is 11.1 Å². The van der Waals surface area contributed by atoms with Gasteiger partial charge in [-0.3, -0.25) is 14.4 Å². The fourth-order valence-electron chi connectivity index (χ4n) is 0.485. The molecule has 0 unspecified atom stereocenters. The van der Waals surface area contributed by atoms with Gasteiger partial charge >= 0.3 is 5.97 Å². The molecule has 0 fully saturated rings. The van der Waals surface area contributed by atoms with Crippen LogP contribution in [-0.4, -0.2) is 29.4 Å². The molecule has 4 N–H and O–H groups in total. The SMILES string of the molecule is CC(C)(C(=O)O)C(=O)NCC(N)=O. The summed E-state index contributed by atoms with van der Waals surface area (Å²) in [5.74, 6) is -2.71. The summed E-state index contributed by atoms with van der Waals surface area (Å²) in [4.78, 5) is 31.9. The highest BCUT2D eigenvalue weighted by atomic mass is 16.4. The largest absolute Gasteiger partial charge is 0.480 e. The highest BCUT2D eigenvalue weighted by Gasteiger charge is 2.35. The summed E-state index contributed by atoms with van der Waals surface area (Å²) in [5.41, 5.74) is 3.21. The molecule has 0 aromatic rings. The molecule has 74 valence electrons. The van der Waals surface area contributed by atoms with Crippen LogP contribution in [0, 0.1) is 5.41 Å². The standard InChI is InChI=1S/C7H12N2O4/c1-7(2,6(12)13)5(11)9-3-4(8)10/h3H2,1-2H3,(H2,8,10)(H,9,11)(H,12,13). The summed E-state index contributed by atoms with van der Waals surface area (Å²) in [6, 6.07) is 0. The molecule has 0 aliphatic heterocycles. The third-order valence-corrected chi connectivity index (χ3v) is 1.53. The number of nitrogens with one attached hydrogen (secondary N) is 1. The van der Waals surface area contributed by atoms with Crippen LogP contribution in [0.4, 0.5) is 0 Å². The van der Waals surface area contributed by atoms with Gasteiger partial charge in [0.2, 0.25) is 11.8 Å². The van der Waals surface area contributed by atoms with E-state index < -0.39 is 23.2 Å². The van der Waals surface area contributed by atoms with E-state index in [2.05, 4.69) is 5.32 Å². The maximum Gasteiger partial charge on any atom is 0.318 e. The van der Waals surface area contributed by atoms with Gasteiger partial charge in [0.05, 0.1) is 6.54 Å². The second-order valence-electron chi connectivity index (χ2n) is 3.08. The Kier molecular flexibility index (Phi) is 3.41. The second-order valence-corrected chi connectivity index (χ2v) is 3.08. The fraction of sp³-hybridized carbons (Fsp3) is 0.571. The van der Waals surface area contributed by atoms with Crippen molar-refractivity contribution >= 4 is 17.8 Å². The number of hydrogen-bond donors (Lipinski definition) is 3. The molecular weight excluding hydrogens is 176 g/mol. The van der Waals surface area contributed by atoms with Gasteiger partial charge in [-0.05, 0) is 13.8 Å². The maximum atomic E-state index is 11.1. The molecule has 13 heavy (non-hydrogen) atoms. The third-order valence-electron chi connectivity index (χ3n) is 1.53. The van der Waals surface area contributed by atoms with Crippen molar-refractivity contribution in [1.82, 2.24) is 5.32 Å². The zero-order valence-corrected chi connectivity index (χ0v) is 7.46. The number of amides is 2. The van der Waals surface area contributed by atoms with Crippen molar-refractivity contribution in [2.45, 2.75) is 13.8 Å². The lowest BCUT2D eigenvalue weighted by molar-refractivity contribution is -0.153. The quantitative estimate of drug-likeness (QED) is 0.476. The van der Waals surface area contributed by atoms with Gasteiger partial charge in [-0.25, -0.2) is 0 Å². The highest BCUT2D eigenvalue weighted by molar-refractivity contribution is 6.01. The number of carbonyl (C=O) groups is 3. The summed E-state index contributed by atoms with van der Waals surface area (Å²) in [5, 5.41) is 10.7. The van der Waals surface area contributed by atoms with Gasteiger partial charge in [-0.15, -0.1) is 0 Å². The molecule has 0 spiro atoms. The van der Waals surface area contributed by atoms with Crippen LogP contribution < -0.4 is 11.1 Å². The average Bonchev–Trinajstić information content (AvgIpc) is 1.99. The Hall–Kier alpha value is -1.59. The third kappa shape index (κ3) is 3.10. The number of nitrogens with two attached hydrogens (primary N) is 1. The smallest absolute Gasteiger partial charge is 0.318 e. The number of hydrogen-bond acceptors (Lipinski definition) is 3. The Morgan fingerprint density at radius 2 is 1.85 bits per heavy atom. The highest BCUT2D eigenvalue weighted by Crippen LogP contribution is 2.14. The number of rotatable bonds is 4. The van der Waals surface area contributed by atoms with Gasteiger partial charge < -0.3 is 16.2 Å². The van der Waals surface area contributed by atoms with Gasteiger partial charge in [0.15, 0.2) is 0 Å².